The number of rotatable bonds is 1. The quantitative estimate of drug-likeness (QED) is 0.320. The van der Waals surface area contributed by atoms with E-state index in [4.69, 9.17) is 4.55 Å². The van der Waals surface area contributed by atoms with Crippen LogP contribution in [0.3, 0.4) is 0 Å². The summed E-state index contributed by atoms with van der Waals surface area (Å²) in [6.07, 6.45) is 0. The summed E-state index contributed by atoms with van der Waals surface area (Å²) in [6.45, 7) is 0.166. The van der Waals surface area contributed by atoms with Gasteiger partial charge in [0.1, 0.15) is 0 Å². The summed E-state index contributed by atoms with van der Waals surface area (Å²) in [5.74, 6) is 0. The third kappa shape index (κ3) is 1.60. The van der Waals surface area contributed by atoms with E-state index in [2.05, 4.69) is 16.4 Å². The molecule has 1 atom stereocenters. The minimum absolute atomic E-state index is 0.166. The van der Waals surface area contributed by atoms with Crippen LogP contribution < -0.4 is 16.4 Å². The fourth-order valence-corrected chi connectivity index (χ4v) is 1.01. The van der Waals surface area contributed by atoms with Gasteiger partial charge in [0, 0.05) is 6.54 Å². The van der Waals surface area contributed by atoms with E-state index in [1.54, 1.807) is 0 Å². The van der Waals surface area contributed by atoms with Gasteiger partial charge < -0.3 is 0 Å². The summed E-state index contributed by atoms with van der Waals surface area (Å²) in [5, 5.41) is -0.933. The minimum atomic E-state index is -3.94. The molecule has 0 aromatic heterocycles. The van der Waals surface area contributed by atoms with E-state index in [1.807, 2.05) is 0 Å². The molecule has 1 saturated heterocycles. The Labute approximate surface area is 52.3 Å². The minimum Gasteiger partial charge on any atom is -0.284 e. The van der Waals surface area contributed by atoms with Gasteiger partial charge in [-0.05, 0) is 0 Å². The number of hydrogen-bond donors (Lipinski definition) is 4. The molecule has 1 aliphatic rings. The Balaban J connectivity index is 2.63. The summed E-state index contributed by atoms with van der Waals surface area (Å²) < 4.78 is 28.8. The van der Waals surface area contributed by atoms with Gasteiger partial charge in [-0.2, -0.15) is 14.0 Å². The summed E-state index contributed by atoms with van der Waals surface area (Å²) in [6, 6.07) is 0. The molecule has 0 spiro atoms. The van der Waals surface area contributed by atoms with Crippen LogP contribution in [0.1, 0.15) is 0 Å². The highest BCUT2D eigenvalue weighted by atomic mass is 32.2. The Kier molecular flexibility index (Phi) is 1.68. The molecule has 0 radical (unpaired) electrons. The molecule has 0 amide bonds. The second-order valence-electron chi connectivity index (χ2n) is 1.65. The van der Waals surface area contributed by atoms with Crippen LogP contribution in [0.15, 0.2) is 0 Å². The highest BCUT2D eigenvalue weighted by Crippen LogP contribution is 1.93. The second kappa shape index (κ2) is 2.20. The van der Waals surface area contributed by atoms with Crippen LogP contribution in [0.2, 0.25) is 0 Å². The molecule has 1 fully saturated rings. The zero-order chi connectivity index (χ0) is 6.91. The van der Waals surface area contributed by atoms with Crippen LogP contribution in [0.5, 0.6) is 0 Å². The predicted octanol–water partition coefficient (Wildman–Crippen LogP) is -2.19. The topological polar surface area (TPSA) is 90.5 Å². The van der Waals surface area contributed by atoms with Crippen LogP contribution >= 0.6 is 0 Å². The normalized spacial score (nSPS) is 28.8. The van der Waals surface area contributed by atoms with Crippen LogP contribution in [0, 0.1) is 0 Å². The van der Waals surface area contributed by atoms with Crippen molar-refractivity contribution in [2.45, 2.75) is 5.37 Å². The van der Waals surface area contributed by atoms with Crippen molar-refractivity contribution in [1.29, 1.82) is 0 Å². The third-order valence-corrected chi connectivity index (χ3v) is 1.97. The second-order valence-corrected chi connectivity index (χ2v) is 3.25. The molecular weight excluding hydrogens is 146 g/mol. The third-order valence-electron chi connectivity index (χ3n) is 0.969. The molecule has 9 heavy (non-hydrogen) atoms. The fourth-order valence-electron chi connectivity index (χ4n) is 0.506. The van der Waals surface area contributed by atoms with Crippen LogP contribution in [-0.4, -0.2) is 24.9 Å². The Hall–Kier alpha value is -0.210. The maximum absolute atomic E-state index is 10.2. The Morgan fingerprint density at radius 1 is 1.56 bits per heavy atom. The molecule has 1 rings (SSSR count). The molecular formula is C2H7N3O3S. The van der Waals surface area contributed by atoms with Crippen molar-refractivity contribution >= 4 is 10.1 Å². The average molecular weight is 153 g/mol. The van der Waals surface area contributed by atoms with Gasteiger partial charge in [-0.1, -0.05) is 0 Å². The van der Waals surface area contributed by atoms with Gasteiger partial charge in [0.15, 0.2) is 5.37 Å². The molecule has 1 heterocycles. The molecule has 0 bridgehead atoms. The van der Waals surface area contributed by atoms with Gasteiger partial charge in [0.25, 0.3) is 10.1 Å². The zero-order valence-corrected chi connectivity index (χ0v) is 5.27. The first kappa shape index (κ1) is 6.90. The molecule has 0 aromatic rings. The van der Waals surface area contributed by atoms with E-state index >= 15 is 0 Å². The molecule has 7 heteroatoms. The average Bonchev–Trinajstić information content (AvgIpc) is 2.08. The molecule has 54 valence electrons. The lowest BCUT2D eigenvalue weighted by Gasteiger charge is -2.00. The van der Waals surface area contributed by atoms with E-state index in [-0.39, 0.29) is 6.54 Å². The van der Waals surface area contributed by atoms with E-state index in [0.717, 1.165) is 0 Å². The number of nitrogens with one attached hydrogen (secondary N) is 3. The first-order valence-corrected chi connectivity index (χ1v) is 3.81. The van der Waals surface area contributed by atoms with Crippen molar-refractivity contribution in [3.8, 4) is 0 Å². The van der Waals surface area contributed by atoms with Gasteiger partial charge in [-0.3, -0.25) is 4.55 Å². The van der Waals surface area contributed by atoms with Gasteiger partial charge in [0.05, 0.1) is 0 Å². The molecule has 1 unspecified atom stereocenters. The van der Waals surface area contributed by atoms with Crippen LogP contribution in [-0.2, 0) is 10.1 Å². The highest BCUT2D eigenvalue weighted by Gasteiger charge is 2.25. The lowest BCUT2D eigenvalue weighted by molar-refractivity contribution is 0.459. The largest absolute Gasteiger partial charge is 0.284 e. The summed E-state index contributed by atoms with van der Waals surface area (Å²) in [5.41, 5.74) is 7.12. The molecule has 0 saturated carbocycles. The van der Waals surface area contributed by atoms with Crippen LogP contribution in [0.4, 0.5) is 0 Å². The van der Waals surface area contributed by atoms with Gasteiger partial charge in [-0.25, -0.2) is 10.9 Å². The summed E-state index contributed by atoms with van der Waals surface area (Å²) >= 11 is 0. The molecule has 6 nitrogen and oxygen atoms in total. The lowest BCUT2D eigenvalue weighted by Crippen LogP contribution is -2.37. The smallest absolute Gasteiger partial charge is 0.283 e. The van der Waals surface area contributed by atoms with Gasteiger partial charge >= 0.3 is 0 Å². The van der Waals surface area contributed by atoms with Crippen molar-refractivity contribution in [2.75, 3.05) is 6.54 Å². The molecule has 1 aliphatic heterocycles. The first-order chi connectivity index (χ1) is 4.11. The van der Waals surface area contributed by atoms with E-state index in [9.17, 15) is 8.42 Å². The molecule has 0 aliphatic carbocycles. The van der Waals surface area contributed by atoms with E-state index in [0.29, 0.717) is 0 Å². The zero-order valence-electron chi connectivity index (χ0n) is 4.46. The monoisotopic (exact) mass is 153 g/mol. The number of hydrogen-bond acceptors (Lipinski definition) is 5. The Bertz CT molecular complexity index is 181. The van der Waals surface area contributed by atoms with E-state index in [1.165, 1.54) is 0 Å². The van der Waals surface area contributed by atoms with Crippen molar-refractivity contribution in [2.24, 2.45) is 0 Å². The standard InChI is InChI=1S/C2H7N3O3S/c6-9(7,8)2-1-3-5-4-2/h2-5H,1H2,(H,6,7,8). The summed E-state index contributed by atoms with van der Waals surface area (Å²) in [7, 11) is -3.94. The van der Waals surface area contributed by atoms with Crippen molar-refractivity contribution in [1.82, 2.24) is 16.4 Å². The van der Waals surface area contributed by atoms with Gasteiger partial charge in [0.2, 0.25) is 0 Å². The molecule has 0 aromatic carbocycles. The Morgan fingerprint density at radius 3 is 2.44 bits per heavy atom. The predicted molar refractivity (Wildman–Crippen MR) is 29.6 cm³/mol. The SMILES string of the molecule is O=S(=O)(O)C1CNNN1. The van der Waals surface area contributed by atoms with E-state index < -0.39 is 15.5 Å². The first-order valence-electron chi connectivity index (χ1n) is 2.30. The molecule has 4 N–H and O–H groups in total. The Morgan fingerprint density at radius 2 is 2.22 bits per heavy atom. The highest BCUT2D eigenvalue weighted by molar-refractivity contribution is 7.86. The maximum atomic E-state index is 10.2. The fraction of sp³-hybridized carbons (Fsp3) is 1.00. The lowest BCUT2D eigenvalue weighted by atomic mass is 10.7. The summed E-state index contributed by atoms with van der Waals surface area (Å²) in [4.78, 5) is 0. The van der Waals surface area contributed by atoms with Gasteiger partial charge in [-0.15, -0.1) is 0 Å². The van der Waals surface area contributed by atoms with Crippen molar-refractivity contribution in [3.05, 3.63) is 0 Å². The van der Waals surface area contributed by atoms with Crippen molar-refractivity contribution < 1.29 is 13.0 Å². The van der Waals surface area contributed by atoms with Crippen LogP contribution in [0.25, 0.3) is 0 Å². The maximum Gasteiger partial charge on any atom is 0.283 e. The van der Waals surface area contributed by atoms with Crippen molar-refractivity contribution in [3.63, 3.8) is 0 Å². The number of hydrazine groups is 2.